The van der Waals surface area contributed by atoms with Crippen LogP contribution < -0.4 is 4.74 Å². The molecular weight excluding hydrogens is 176 g/mol. The third kappa shape index (κ3) is 1.84. The summed E-state index contributed by atoms with van der Waals surface area (Å²) >= 11 is 0. The van der Waals surface area contributed by atoms with Crippen LogP contribution >= 0.6 is 0 Å². The molecule has 1 heterocycles. The molecule has 0 aliphatic carbocycles. The Balaban J connectivity index is 2.03. The fourth-order valence-corrected chi connectivity index (χ4v) is 1.89. The monoisotopic (exact) mass is 191 g/mol. The number of unbranched alkanes of at least 4 members (excludes halogenated alkanes) is 1. The Morgan fingerprint density at radius 3 is 3.14 bits per heavy atom. The lowest BCUT2D eigenvalue weighted by atomic mass is 10.1. The van der Waals surface area contributed by atoms with Crippen LogP contribution in [0.1, 0.15) is 31.7 Å². The quantitative estimate of drug-likeness (QED) is 0.720. The Hall–Kier alpha value is -1.18. The number of ether oxygens (including phenoxy) is 1. The molecule has 2 nitrogen and oxygen atoms in total. The summed E-state index contributed by atoms with van der Waals surface area (Å²) in [7, 11) is 0. The molecule has 1 aromatic rings. The van der Waals surface area contributed by atoms with Crippen molar-refractivity contribution in [3.8, 4) is 11.5 Å². The van der Waals surface area contributed by atoms with Crippen molar-refractivity contribution in [2.75, 3.05) is 0 Å². The van der Waals surface area contributed by atoms with Crippen LogP contribution in [0, 0.1) is 0 Å². The molecule has 0 amide bonds. The normalized spacial score (nSPS) is 19.1. The largest absolute Gasteiger partial charge is 0.490 e. The summed E-state index contributed by atoms with van der Waals surface area (Å²) in [6.45, 7) is 2.18. The molecule has 0 bridgehead atoms. The van der Waals surface area contributed by atoms with Crippen LogP contribution in [0.15, 0.2) is 18.2 Å². The minimum Gasteiger partial charge on any atom is -0.490 e. The van der Waals surface area contributed by atoms with Crippen LogP contribution in [0.3, 0.4) is 0 Å². The van der Waals surface area contributed by atoms with E-state index in [0.29, 0.717) is 6.10 Å². The summed E-state index contributed by atoms with van der Waals surface area (Å²) in [5.74, 6) is 0.995. The van der Waals surface area contributed by atoms with Gasteiger partial charge in [0.05, 0.1) is 0 Å². The molecular formula is C12H15O2. The van der Waals surface area contributed by atoms with Gasteiger partial charge in [-0.05, 0) is 24.6 Å². The van der Waals surface area contributed by atoms with Gasteiger partial charge in [-0.3, -0.25) is 5.11 Å². The SMILES string of the molecule is CCCCC1Cc2cc([O])ccc2O1. The van der Waals surface area contributed by atoms with Crippen molar-refractivity contribution >= 4 is 0 Å². The fourth-order valence-electron chi connectivity index (χ4n) is 1.89. The molecule has 0 spiro atoms. The topological polar surface area (TPSA) is 29.1 Å². The first-order valence-electron chi connectivity index (χ1n) is 5.26. The van der Waals surface area contributed by atoms with Crippen molar-refractivity contribution in [2.45, 2.75) is 38.7 Å². The van der Waals surface area contributed by atoms with Crippen molar-refractivity contribution in [3.05, 3.63) is 23.8 Å². The van der Waals surface area contributed by atoms with Crippen molar-refractivity contribution < 1.29 is 9.84 Å². The second kappa shape index (κ2) is 3.91. The van der Waals surface area contributed by atoms with Crippen LogP contribution in [0.25, 0.3) is 0 Å². The van der Waals surface area contributed by atoms with Gasteiger partial charge in [0.25, 0.3) is 0 Å². The average Bonchev–Trinajstić information content (AvgIpc) is 2.56. The third-order valence-corrected chi connectivity index (χ3v) is 2.65. The predicted molar refractivity (Wildman–Crippen MR) is 54.2 cm³/mol. The molecule has 1 unspecified atom stereocenters. The van der Waals surface area contributed by atoms with Gasteiger partial charge >= 0.3 is 0 Å². The molecule has 0 saturated carbocycles. The summed E-state index contributed by atoms with van der Waals surface area (Å²) in [4.78, 5) is 0. The molecule has 1 aromatic carbocycles. The summed E-state index contributed by atoms with van der Waals surface area (Å²) in [5, 5.41) is 11.1. The lowest BCUT2D eigenvalue weighted by Gasteiger charge is -2.08. The van der Waals surface area contributed by atoms with Gasteiger partial charge in [-0.2, -0.15) is 0 Å². The van der Waals surface area contributed by atoms with E-state index in [0.717, 1.165) is 24.2 Å². The van der Waals surface area contributed by atoms with Gasteiger partial charge < -0.3 is 4.74 Å². The standard InChI is InChI=1S/C12H15O2/c1-2-3-4-11-8-9-7-10(13)5-6-12(9)14-11/h5-7,11H,2-4,8H2,1H3. The first kappa shape index (κ1) is 9.38. The molecule has 1 aliphatic rings. The number of hydrogen-bond acceptors (Lipinski definition) is 1. The van der Waals surface area contributed by atoms with Crippen LogP contribution in [-0.4, -0.2) is 6.10 Å². The van der Waals surface area contributed by atoms with E-state index in [1.54, 1.807) is 18.2 Å². The Morgan fingerprint density at radius 1 is 1.50 bits per heavy atom. The number of benzene rings is 1. The van der Waals surface area contributed by atoms with E-state index >= 15 is 0 Å². The second-order valence-corrected chi connectivity index (χ2v) is 3.86. The van der Waals surface area contributed by atoms with E-state index in [9.17, 15) is 5.11 Å². The first-order chi connectivity index (χ1) is 6.79. The predicted octanol–water partition coefficient (Wildman–Crippen LogP) is 3.32. The highest BCUT2D eigenvalue weighted by Gasteiger charge is 2.22. The van der Waals surface area contributed by atoms with Gasteiger partial charge in [-0.25, -0.2) is 0 Å². The number of rotatable bonds is 3. The number of fused-ring (bicyclic) bond motifs is 1. The Labute approximate surface area is 84.5 Å². The minimum absolute atomic E-state index is 0.0866. The van der Waals surface area contributed by atoms with Gasteiger partial charge in [0, 0.05) is 12.0 Å². The zero-order chi connectivity index (χ0) is 9.97. The van der Waals surface area contributed by atoms with Crippen LogP contribution in [0.2, 0.25) is 0 Å². The smallest absolute Gasteiger partial charge is 0.179 e. The van der Waals surface area contributed by atoms with E-state index < -0.39 is 0 Å². The average molecular weight is 191 g/mol. The molecule has 1 radical (unpaired) electrons. The summed E-state index contributed by atoms with van der Waals surface area (Å²) in [6, 6.07) is 5.06. The maximum Gasteiger partial charge on any atom is 0.179 e. The molecule has 2 heteroatoms. The second-order valence-electron chi connectivity index (χ2n) is 3.86. The van der Waals surface area contributed by atoms with E-state index in [4.69, 9.17) is 4.74 Å². The van der Waals surface area contributed by atoms with Crippen molar-refractivity contribution in [3.63, 3.8) is 0 Å². The van der Waals surface area contributed by atoms with Crippen LogP contribution in [0.5, 0.6) is 11.5 Å². The van der Waals surface area contributed by atoms with Gasteiger partial charge in [0.15, 0.2) is 5.75 Å². The molecule has 1 aliphatic heterocycles. The highest BCUT2D eigenvalue weighted by atomic mass is 16.5. The molecule has 0 fully saturated rings. The molecule has 75 valence electrons. The zero-order valence-electron chi connectivity index (χ0n) is 8.45. The Kier molecular flexibility index (Phi) is 2.62. The molecule has 14 heavy (non-hydrogen) atoms. The molecule has 0 aromatic heterocycles. The van der Waals surface area contributed by atoms with Gasteiger partial charge in [0.2, 0.25) is 0 Å². The Morgan fingerprint density at radius 2 is 2.36 bits per heavy atom. The summed E-state index contributed by atoms with van der Waals surface area (Å²) in [5.41, 5.74) is 1.08. The van der Waals surface area contributed by atoms with Gasteiger partial charge in [-0.1, -0.05) is 19.8 Å². The van der Waals surface area contributed by atoms with Crippen molar-refractivity contribution in [2.24, 2.45) is 0 Å². The highest BCUT2D eigenvalue weighted by molar-refractivity contribution is 5.42. The van der Waals surface area contributed by atoms with Crippen molar-refractivity contribution in [1.29, 1.82) is 0 Å². The molecule has 1 atom stereocenters. The maximum atomic E-state index is 11.1. The zero-order valence-corrected chi connectivity index (χ0v) is 8.45. The third-order valence-electron chi connectivity index (χ3n) is 2.65. The van der Waals surface area contributed by atoms with Gasteiger partial charge in [0.1, 0.15) is 11.9 Å². The maximum absolute atomic E-state index is 11.1. The minimum atomic E-state index is 0.0866. The molecule has 0 N–H and O–H groups in total. The Bertz CT molecular complexity index is 320. The van der Waals surface area contributed by atoms with E-state index in [1.165, 1.54) is 12.8 Å². The van der Waals surface area contributed by atoms with E-state index in [-0.39, 0.29) is 5.75 Å². The lowest BCUT2D eigenvalue weighted by Crippen LogP contribution is -2.11. The molecule has 2 rings (SSSR count). The lowest BCUT2D eigenvalue weighted by molar-refractivity contribution is 0.217. The van der Waals surface area contributed by atoms with Crippen molar-refractivity contribution in [1.82, 2.24) is 0 Å². The van der Waals surface area contributed by atoms with E-state index in [1.807, 2.05) is 0 Å². The van der Waals surface area contributed by atoms with E-state index in [2.05, 4.69) is 6.92 Å². The van der Waals surface area contributed by atoms with Gasteiger partial charge in [-0.15, -0.1) is 0 Å². The first-order valence-corrected chi connectivity index (χ1v) is 5.26. The number of hydrogen-bond donors (Lipinski definition) is 0. The van der Waals surface area contributed by atoms with Crippen LogP contribution in [0.4, 0.5) is 0 Å². The highest BCUT2D eigenvalue weighted by Crippen LogP contribution is 2.33. The summed E-state index contributed by atoms with van der Waals surface area (Å²) in [6.07, 6.45) is 4.70. The fraction of sp³-hybridized carbons (Fsp3) is 0.500. The van der Waals surface area contributed by atoms with Crippen LogP contribution in [-0.2, 0) is 11.5 Å². The molecule has 0 saturated heterocycles. The summed E-state index contributed by atoms with van der Waals surface area (Å²) < 4.78 is 5.73.